The number of aryl methyl sites for hydroxylation is 1. The topological polar surface area (TPSA) is 45.2 Å². The molecule has 0 aliphatic rings. The van der Waals surface area contributed by atoms with Gasteiger partial charge in [-0.05, 0) is 61.4 Å². The number of phenolic OH excluding ortho intramolecular Hbond substituents is 1. The van der Waals surface area contributed by atoms with Crippen molar-refractivity contribution in [2.24, 2.45) is 0 Å². The number of aromatic nitrogens is 1. The maximum Gasteiger partial charge on any atom is 0.118 e. The van der Waals surface area contributed by atoms with Crippen LogP contribution in [0.1, 0.15) is 29.4 Å². The smallest absolute Gasteiger partial charge is 0.118 e. The van der Waals surface area contributed by atoms with Crippen molar-refractivity contribution in [2.75, 3.05) is 7.11 Å². The zero-order valence-electron chi connectivity index (χ0n) is 13.6. The molecular weight excluding hydrogens is 286 g/mol. The maximum absolute atomic E-state index is 9.61. The minimum Gasteiger partial charge on any atom is -0.508 e. The lowest BCUT2D eigenvalue weighted by molar-refractivity contribution is 0.414. The van der Waals surface area contributed by atoms with E-state index in [1.165, 1.54) is 0 Å². The van der Waals surface area contributed by atoms with Crippen molar-refractivity contribution in [3.8, 4) is 11.5 Å². The molecule has 118 valence electrons. The molecule has 0 bridgehead atoms. The standard InChI is InChI=1S/C20H21NO2/c1-14-4-13-19(21-14)20(2,15-5-9-17(22)10-6-15)16-7-11-18(23-3)12-8-16/h4-13,21-22H,1-3H3/t20-/m0/s1. The van der Waals surface area contributed by atoms with Crippen LogP contribution in [0.2, 0.25) is 0 Å². The summed E-state index contributed by atoms with van der Waals surface area (Å²) in [6.07, 6.45) is 0. The van der Waals surface area contributed by atoms with E-state index < -0.39 is 0 Å². The van der Waals surface area contributed by atoms with Crippen molar-refractivity contribution in [1.29, 1.82) is 0 Å². The van der Waals surface area contributed by atoms with Crippen LogP contribution in [-0.2, 0) is 5.41 Å². The van der Waals surface area contributed by atoms with Crippen LogP contribution in [0, 0.1) is 6.92 Å². The Bertz CT molecular complexity index is 787. The SMILES string of the molecule is COc1ccc([C@](C)(c2ccc(O)cc2)c2ccc(C)[nH]2)cc1. The van der Waals surface area contributed by atoms with Gasteiger partial charge in [-0.3, -0.25) is 0 Å². The number of aromatic amines is 1. The molecule has 2 N–H and O–H groups in total. The van der Waals surface area contributed by atoms with Gasteiger partial charge in [0.1, 0.15) is 11.5 Å². The Morgan fingerprint density at radius 1 is 0.870 bits per heavy atom. The molecule has 1 aromatic heterocycles. The first-order valence-corrected chi connectivity index (χ1v) is 7.64. The quantitative estimate of drug-likeness (QED) is 0.751. The predicted octanol–water partition coefficient (Wildman–Crippen LogP) is 4.39. The number of hydrogen-bond acceptors (Lipinski definition) is 2. The van der Waals surface area contributed by atoms with Crippen LogP contribution in [0.15, 0.2) is 60.7 Å². The first-order valence-electron chi connectivity index (χ1n) is 7.64. The van der Waals surface area contributed by atoms with Crippen LogP contribution < -0.4 is 4.74 Å². The van der Waals surface area contributed by atoms with Crippen LogP contribution >= 0.6 is 0 Å². The lowest BCUT2D eigenvalue weighted by atomic mass is 9.74. The highest BCUT2D eigenvalue weighted by atomic mass is 16.5. The molecule has 1 atom stereocenters. The van der Waals surface area contributed by atoms with Crippen molar-refractivity contribution in [3.63, 3.8) is 0 Å². The Hall–Kier alpha value is -2.68. The first-order chi connectivity index (χ1) is 11.0. The van der Waals surface area contributed by atoms with Crippen molar-refractivity contribution < 1.29 is 9.84 Å². The fourth-order valence-electron chi connectivity index (χ4n) is 2.99. The van der Waals surface area contributed by atoms with Gasteiger partial charge >= 0.3 is 0 Å². The van der Waals surface area contributed by atoms with Gasteiger partial charge in [0.05, 0.1) is 12.5 Å². The van der Waals surface area contributed by atoms with E-state index in [2.05, 4.69) is 43.1 Å². The molecule has 3 nitrogen and oxygen atoms in total. The highest BCUT2D eigenvalue weighted by Crippen LogP contribution is 2.39. The van der Waals surface area contributed by atoms with Gasteiger partial charge in [-0.1, -0.05) is 24.3 Å². The zero-order chi connectivity index (χ0) is 16.4. The molecule has 0 spiro atoms. The number of rotatable bonds is 4. The molecule has 1 heterocycles. The fraction of sp³-hybridized carbons (Fsp3) is 0.200. The van der Waals surface area contributed by atoms with E-state index in [1.54, 1.807) is 19.2 Å². The molecule has 0 aliphatic carbocycles. The molecule has 23 heavy (non-hydrogen) atoms. The molecule has 0 saturated carbocycles. The van der Waals surface area contributed by atoms with Gasteiger partial charge < -0.3 is 14.8 Å². The minimum absolute atomic E-state index is 0.272. The van der Waals surface area contributed by atoms with Gasteiger partial charge in [0.15, 0.2) is 0 Å². The summed E-state index contributed by atoms with van der Waals surface area (Å²) in [4.78, 5) is 3.46. The molecule has 0 saturated heterocycles. The second-order valence-electron chi connectivity index (χ2n) is 5.96. The molecule has 0 aliphatic heterocycles. The van der Waals surface area contributed by atoms with Gasteiger partial charge in [0, 0.05) is 11.4 Å². The highest BCUT2D eigenvalue weighted by molar-refractivity contribution is 5.49. The van der Waals surface area contributed by atoms with E-state index in [0.29, 0.717) is 0 Å². The third kappa shape index (κ3) is 2.70. The Morgan fingerprint density at radius 3 is 1.91 bits per heavy atom. The summed E-state index contributed by atoms with van der Waals surface area (Å²) < 4.78 is 5.27. The molecule has 0 radical (unpaired) electrons. The average Bonchev–Trinajstić information content (AvgIpc) is 3.02. The Labute approximate surface area is 136 Å². The van der Waals surface area contributed by atoms with Crippen LogP contribution in [0.4, 0.5) is 0 Å². The summed E-state index contributed by atoms with van der Waals surface area (Å²) in [5.74, 6) is 1.11. The van der Waals surface area contributed by atoms with Gasteiger partial charge in [0.2, 0.25) is 0 Å². The average molecular weight is 307 g/mol. The number of methoxy groups -OCH3 is 1. The van der Waals surface area contributed by atoms with Crippen LogP contribution in [0.25, 0.3) is 0 Å². The third-order valence-electron chi connectivity index (χ3n) is 4.48. The van der Waals surface area contributed by atoms with E-state index in [1.807, 2.05) is 24.3 Å². The van der Waals surface area contributed by atoms with E-state index in [4.69, 9.17) is 4.74 Å². The van der Waals surface area contributed by atoms with Crippen LogP contribution in [0.5, 0.6) is 11.5 Å². The van der Waals surface area contributed by atoms with Crippen molar-refractivity contribution in [2.45, 2.75) is 19.3 Å². The summed E-state index contributed by atoms with van der Waals surface area (Å²) in [5.41, 5.74) is 4.17. The zero-order valence-corrected chi connectivity index (χ0v) is 13.6. The first kappa shape index (κ1) is 15.2. The molecule has 3 aromatic rings. The molecule has 3 rings (SSSR count). The summed E-state index contributed by atoms with van der Waals surface area (Å²) in [5, 5.41) is 9.61. The summed E-state index contributed by atoms with van der Waals surface area (Å²) in [7, 11) is 1.67. The number of phenols is 1. The minimum atomic E-state index is -0.339. The second-order valence-corrected chi connectivity index (χ2v) is 5.96. The molecule has 0 unspecified atom stereocenters. The number of ether oxygens (including phenoxy) is 1. The lowest BCUT2D eigenvalue weighted by Crippen LogP contribution is -2.25. The van der Waals surface area contributed by atoms with Gasteiger partial charge in [-0.2, -0.15) is 0 Å². The van der Waals surface area contributed by atoms with Crippen molar-refractivity contribution in [3.05, 3.63) is 83.2 Å². The van der Waals surface area contributed by atoms with Crippen LogP contribution in [-0.4, -0.2) is 17.2 Å². The Balaban J connectivity index is 2.18. The van der Waals surface area contributed by atoms with E-state index in [9.17, 15) is 5.11 Å². The second kappa shape index (κ2) is 5.84. The van der Waals surface area contributed by atoms with Crippen molar-refractivity contribution in [1.82, 2.24) is 4.98 Å². The summed E-state index contributed by atoms with van der Waals surface area (Å²) in [6, 6.07) is 19.7. The van der Waals surface area contributed by atoms with E-state index in [0.717, 1.165) is 28.3 Å². The summed E-state index contributed by atoms with van der Waals surface area (Å²) >= 11 is 0. The fourth-order valence-corrected chi connectivity index (χ4v) is 2.99. The van der Waals surface area contributed by atoms with Gasteiger partial charge in [-0.15, -0.1) is 0 Å². The molecule has 0 fully saturated rings. The monoisotopic (exact) mass is 307 g/mol. The van der Waals surface area contributed by atoms with Crippen molar-refractivity contribution >= 4 is 0 Å². The Morgan fingerprint density at radius 2 is 1.43 bits per heavy atom. The number of hydrogen-bond donors (Lipinski definition) is 2. The maximum atomic E-state index is 9.61. The van der Waals surface area contributed by atoms with E-state index >= 15 is 0 Å². The number of benzene rings is 2. The molecular formula is C20H21NO2. The lowest BCUT2D eigenvalue weighted by Gasteiger charge is -2.30. The number of nitrogens with one attached hydrogen (secondary N) is 1. The number of H-pyrrole nitrogens is 1. The normalized spacial score (nSPS) is 13.5. The van der Waals surface area contributed by atoms with E-state index in [-0.39, 0.29) is 11.2 Å². The predicted molar refractivity (Wildman–Crippen MR) is 92.2 cm³/mol. The Kier molecular flexibility index (Phi) is 3.87. The van der Waals surface area contributed by atoms with Gasteiger partial charge in [0.25, 0.3) is 0 Å². The molecule has 3 heteroatoms. The summed E-state index contributed by atoms with van der Waals surface area (Å²) in [6.45, 7) is 4.24. The largest absolute Gasteiger partial charge is 0.508 e. The van der Waals surface area contributed by atoms with Crippen LogP contribution in [0.3, 0.4) is 0 Å². The number of aromatic hydroxyl groups is 1. The van der Waals surface area contributed by atoms with Gasteiger partial charge in [-0.25, -0.2) is 0 Å². The third-order valence-corrected chi connectivity index (χ3v) is 4.48. The molecule has 2 aromatic carbocycles. The molecule has 0 amide bonds. The highest BCUT2D eigenvalue weighted by Gasteiger charge is 2.32.